The maximum Gasteiger partial charge on any atom is 0.161 e. The van der Waals surface area contributed by atoms with Gasteiger partial charge in [-0.3, -0.25) is 0 Å². The zero-order valence-electron chi connectivity index (χ0n) is 15.9. The third-order valence-corrected chi connectivity index (χ3v) is 4.77. The van der Waals surface area contributed by atoms with Gasteiger partial charge in [0.1, 0.15) is 5.82 Å². The predicted molar refractivity (Wildman–Crippen MR) is 103 cm³/mol. The second-order valence-corrected chi connectivity index (χ2v) is 6.73. The van der Waals surface area contributed by atoms with Crippen molar-refractivity contribution in [3.63, 3.8) is 0 Å². The quantitative estimate of drug-likeness (QED) is 0.644. The molecule has 0 N–H and O–H groups in total. The van der Waals surface area contributed by atoms with E-state index in [1.807, 2.05) is 18.3 Å². The zero-order valence-corrected chi connectivity index (χ0v) is 15.9. The van der Waals surface area contributed by atoms with Gasteiger partial charge in [-0.2, -0.15) is 0 Å². The first-order chi connectivity index (χ1) is 12.8. The van der Waals surface area contributed by atoms with Gasteiger partial charge in [0.25, 0.3) is 0 Å². The molecule has 0 aliphatic carbocycles. The molecule has 0 spiro atoms. The highest BCUT2D eigenvalue weighted by molar-refractivity contribution is 5.43. The summed E-state index contributed by atoms with van der Waals surface area (Å²) in [5.74, 6) is 2.48. The first-order valence-corrected chi connectivity index (χ1v) is 9.61. The van der Waals surface area contributed by atoms with Gasteiger partial charge in [-0.1, -0.05) is 13.0 Å². The summed E-state index contributed by atoms with van der Waals surface area (Å²) in [7, 11) is 1.68. The van der Waals surface area contributed by atoms with Gasteiger partial charge in [-0.15, -0.1) is 0 Å². The van der Waals surface area contributed by atoms with Crippen LogP contribution in [0.25, 0.3) is 0 Å². The number of ether oxygens (including phenoxy) is 2. The summed E-state index contributed by atoms with van der Waals surface area (Å²) in [6.45, 7) is 6.36. The van der Waals surface area contributed by atoms with E-state index in [0.717, 1.165) is 48.8 Å². The van der Waals surface area contributed by atoms with Crippen LogP contribution >= 0.6 is 0 Å². The second-order valence-electron chi connectivity index (χ2n) is 6.73. The van der Waals surface area contributed by atoms with Gasteiger partial charge in [-0.05, 0) is 56.1 Å². The lowest BCUT2D eigenvalue weighted by molar-refractivity contribution is 0.254. The maximum atomic E-state index is 6.03. The normalized spacial score (nSPS) is 14.5. The van der Waals surface area contributed by atoms with E-state index >= 15 is 0 Å². The summed E-state index contributed by atoms with van der Waals surface area (Å²) in [6.07, 6.45) is 7.16. The van der Waals surface area contributed by atoms with Crippen molar-refractivity contribution in [3.8, 4) is 11.5 Å². The Morgan fingerprint density at radius 2 is 1.96 bits per heavy atom. The van der Waals surface area contributed by atoms with Gasteiger partial charge in [0.05, 0.1) is 13.7 Å². The van der Waals surface area contributed by atoms with E-state index in [-0.39, 0.29) is 0 Å². The molecule has 1 saturated heterocycles. The fourth-order valence-corrected chi connectivity index (χ4v) is 3.34. The van der Waals surface area contributed by atoms with Crippen LogP contribution in [0.15, 0.2) is 30.5 Å². The monoisotopic (exact) mass is 355 g/mol. The van der Waals surface area contributed by atoms with Crippen molar-refractivity contribution in [3.05, 3.63) is 47.5 Å². The van der Waals surface area contributed by atoms with Crippen LogP contribution in [0.3, 0.4) is 0 Å². The molecule has 1 fully saturated rings. The minimum Gasteiger partial charge on any atom is -0.493 e. The number of hydrogen-bond donors (Lipinski definition) is 0. The minimum atomic E-state index is 0.712. The summed E-state index contributed by atoms with van der Waals surface area (Å²) in [5.41, 5.74) is 2.20. The molecule has 5 nitrogen and oxygen atoms in total. The Bertz CT molecular complexity index is 699. The molecule has 5 heteroatoms. The topological polar surface area (TPSA) is 47.5 Å². The Balaban J connectivity index is 1.59. The average Bonchev–Trinajstić information content (AvgIpc) is 3.19. The van der Waals surface area contributed by atoms with E-state index in [0.29, 0.717) is 6.61 Å². The molecule has 0 saturated carbocycles. The Labute approximate surface area is 156 Å². The highest BCUT2D eigenvalue weighted by atomic mass is 16.5. The number of aromatic nitrogens is 2. The molecular formula is C21H29N3O2. The maximum absolute atomic E-state index is 6.03. The Morgan fingerprint density at radius 1 is 1.12 bits per heavy atom. The van der Waals surface area contributed by atoms with E-state index in [1.165, 1.54) is 31.5 Å². The third kappa shape index (κ3) is 5.18. The van der Waals surface area contributed by atoms with Crippen molar-refractivity contribution in [2.45, 2.75) is 39.0 Å². The number of rotatable bonds is 9. The fraction of sp³-hybridized carbons (Fsp3) is 0.524. The van der Waals surface area contributed by atoms with Gasteiger partial charge < -0.3 is 14.4 Å². The van der Waals surface area contributed by atoms with Crippen LogP contribution in [-0.4, -0.2) is 48.2 Å². The van der Waals surface area contributed by atoms with E-state index in [1.54, 1.807) is 7.11 Å². The second kappa shape index (κ2) is 9.53. The van der Waals surface area contributed by atoms with Crippen molar-refractivity contribution in [1.29, 1.82) is 0 Å². The first kappa shape index (κ1) is 18.6. The number of methoxy groups -OCH3 is 1. The van der Waals surface area contributed by atoms with E-state index in [9.17, 15) is 0 Å². The highest BCUT2D eigenvalue weighted by Crippen LogP contribution is 2.29. The predicted octanol–water partition coefficient (Wildman–Crippen LogP) is 3.50. The van der Waals surface area contributed by atoms with Crippen LogP contribution < -0.4 is 9.47 Å². The van der Waals surface area contributed by atoms with Crippen LogP contribution in [0.1, 0.15) is 43.3 Å². The number of likely N-dealkylation sites (tertiary alicyclic amines) is 1. The molecule has 3 rings (SSSR count). The van der Waals surface area contributed by atoms with Crippen molar-refractivity contribution >= 4 is 0 Å². The molecule has 0 unspecified atom stereocenters. The van der Waals surface area contributed by atoms with Crippen LogP contribution in [0.4, 0.5) is 0 Å². The Hall–Kier alpha value is -2.14. The van der Waals surface area contributed by atoms with Crippen LogP contribution in [0.2, 0.25) is 0 Å². The summed E-state index contributed by atoms with van der Waals surface area (Å²) in [6, 6.07) is 8.10. The van der Waals surface area contributed by atoms with Crippen LogP contribution in [0.5, 0.6) is 11.5 Å². The molecule has 1 aromatic heterocycles. The lowest BCUT2D eigenvalue weighted by atomic mass is 10.1. The number of benzene rings is 1. The molecule has 2 heterocycles. The molecule has 0 radical (unpaired) electrons. The van der Waals surface area contributed by atoms with Gasteiger partial charge in [0.15, 0.2) is 11.5 Å². The van der Waals surface area contributed by atoms with E-state index in [4.69, 9.17) is 9.47 Å². The van der Waals surface area contributed by atoms with Gasteiger partial charge >= 0.3 is 0 Å². The van der Waals surface area contributed by atoms with E-state index in [2.05, 4.69) is 33.9 Å². The summed E-state index contributed by atoms with van der Waals surface area (Å²) in [4.78, 5) is 11.4. The van der Waals surface area contributed by atoms with Gasteiger partial charge in [-0.25, -0.2) is 9.97 Å². The molecule has 2 aromatic rings. The fourth-order valence-electron chi connectivity index (χ4n) is 3.34. The highest BCUT2D eigenvalue weighted by Gasteiger charge is 2.11. The minimum absolute atomic E-state index is 0.712. The number of aryl methyl sites for hydroxylation is 1. The molecule has 1 aliphatic heterocycles. The number of hydrogen-bond acceptors (Lipinski definition) is 5. The van der Waals surface area contributed by atoms with Gasteiger partial charge in [0.2, 0.25) is 0 Å². The summed E-state index contributed by atoms with van der Waals surface area (Å²) >= 11 is 0. The standard InChI is InChI=1S/C21H29N3O2/c1-3-21-22-10-9-18(23-21)15-17-7-8-19(25-2)20(16-17)26-14-6-13-24-11-4-5-12-24/h7-10,16H,3-6,11-15H2,1-2H3. The Morgan fingerprint density at radius 3 is 2.73 bits per heavy atom. The third-order valence-electron chi connectivity index (χ3n) is 4.77. The smallest absolute Gasteiger partial charge is 0.161 e. The van der Waals surface area contributed by atoms with Crippen molar-refractivity contribution in [1.82, 2.24) is 14.9 Å². The Kier molecular flexibility index (Phi) is 6.83. The number of nitrogens with zero attached hydrogens (tertiary/aromatic N) is 3. The SMILES string of the molecule is CCc1nccc(Cc2ccc(OC)c(OCCCN3CCCC3)c2)n1. The molecule has 0 bridgehead atoms. The molecule has 1 aromatic carbocycles. The summed E-state index contributed by atoms with van der Waals surface area (Å²) < 4.78 is 11.5. The largest absolute Gasteiger partial charge is 0.493 e. The summed E-state index contributed by atoms with van der Waals surface area (Å²) in [5, 5.41) is 0. The molecule has 0 amide bonds. The van der Waals surface area contributed by atoms with Crippen molar-refractivity contribution in [2.24, 2.45) is 0 Å². The molecule has 0 atom stereocenters. The first-order valence-electron chi connectivity index (χ1n) is 9.61. The van der Waals surface area contributed by atoms with Crippen LogP contribution in [-0.2, 0) is 12.8 Å². The molecular weight excluding hydrogens is 326 g/mol. The van der Waals surface area contributed by atoms with Crippen molar-refractivity contribution < 1.29 is 9.47 Å². The van der Waals surface area contributed by atoms with E-state index < -0.39 is 0 Å². The molecule has 1 aliphatic rings. The molecule has 140 valence electrons. The zero-order chi connectivity index (χ0) is 18.2. The van der Waals surface area contributed by atoms with Crippen LogP contribution in [0, 0.1) is 0 Å². The van der Waals surface area contributed by atoms with Crippen molar-refractivity contribution in [2.75, 3.05) is 33.4 Å². The lowest BCUT2D eigenvalue weighted by Gasteiger charge is -2.16. The molecule has 26 heavy (non-hydrogen) atoms. The van der Waals surface area contributed by atoms with Gasteiger partial charge in [0, 0.05) is 31.3 Å². The lowest BCUT2D eigenvalue weighted by Crippen LogP contribution is -2.21. The average molecular weight is 355 g/mol.